The van der Waals surface area contributed by atoms with Gasteiger partial charge >= 0.3 is 0 Å². The van der Waals surface area contributed by atoms with E-state index in [0.717, 1.165) is 17.5 Å². The van der Waals surface area contributed by atoms with Crippen LogP contribution in [0.25, 0.3) is 0 Å². The average Bonchev–Trinajstić information content (AvgIpc) is 2.49. The lowest BCUT2D eigenvalue weighted by Crippen LogP contribution is -2.13. The molecule has 0 fully saturated rings. The van der Waals surface area contributed by atoms with Crippen LogP contribution in [0.5, 0.6) is 0 Å². The van der Waals surface area contributed by atoms with Crippen LogP contribution in [0.3, 0.4) is 0 Å². The van der Waals surface area contributed by atoms with E-state index in [1.54, 1.807) is 6.07 Å². The Bertz CT molecular complexity index is 333. The minimum Gasteiger partial charge on any atom is -0.306 e. The van der Waals surface area contributed by atoms with E-state index in [4.69, 9.17) is 0 Å². The molecule has 2 heteroatoms. The molecule has 0 saturated heterocycles. The molecule has 1 N–H and O–H groups in total. The fourth-order valence-corrected chi connectivity index (χ4v) is 2.11. The Morgan fingerprint density at radius 2 is 2.29 bits per heavy atom. The van der Waals surface area contributed by atoms with Gasteiger partial charge in [-0.1, -0.05) is 26.0 Å². The zero-order chi connectivity index (χ0) is 10.1. The molecule has 0 spiro atoms. The molecule has 0 amide bonds. The smallest absolute Gasteiger partial charge is 0.128 e. The number of nitrogens with one attached hydrogen (secondary N) is 1. The van der Waals surface area contributed by atoms with Crippen molar-refractivity contribution in [1.82, 2.24) is 5.32 Å². The van der Waals surface area contributed by atoms with E-state index in [1.165, 1.54) is 6.07 Å². The van der Waals surface area contributed by atoms with Gasteiger partial charge in [0.05, 0.1) is 0 Å². The predicted octanol–water partition coefficient (Wildman–Crippen LogP) is 3.02. The van der Waals surface area contributed by atoms with Crippen LogP contribution in [-0.4, -0.2) is 0 Å². The van der Waals surface area contributed by atoms with Gasteiger partial charge in [0, 0.05) is 18.2 Å². The third-order valence-corrected chi connectivity index (χ3v) is 2.76. The van der Waals surface area contributed by atoms with Crippen LogP contribution in [-0.2, 0) is 6.54 Å². The molecule has 14 heavy (non-hydrogen) atoms. The molecule has 1 aromatic rings. The quantitative estimate of drug-likeness (QED) is 0.761. The summed E-state index contributed by atoms with van der Waals surface area (Å²) in [5.41, 5.74) is 2.01. The fourth-order valence-electron chi connectivity index (χ4n) is 2.11. The number of halogens is 1. The monoisotopic (exact) mass is 193 g/mol. The van der Waals surface area contributed by atoms with Crippen molar-refractivity contribution in [2.24, 2.45) is 5.92 Å². The van der Waals surface area contributed by atoms with Gasteiger partial charge in [-0.05, 0) is 24.0 Å². The maximum atomic E-state index is 13.4. The third-order valence-electron chi connectivity index (χ3n) is 2.76. The normalized spacial score (nSPS) is 20.1. The molecule has 0 aromatic heterocycles. The number of benzene rings is 1. The number of rotatable bonds is 2. The summed E-state index contributed by atoms with van der Waals surface area (Å²) in [6, 6.07) is 5.72. The van der Waals surface area contributed by atoms with Gasteiger partial charge in [0.25, 0.3) is 0 Å². The standard InChI is InChI=1S/C12H16FN/c1-8(2)6-12-9-4-3-5-11(13)10(9)7-14-12/h3-5,8,12,14H,6-7H2,1-2H3. The van der Waals surface area contributed by atoms with E-state index in [2.05, 4.69) is 19.2 Å². The van der Waals surface area contributed by atoms with E-state index in [-0.39, 0.29) is 5.82 Å². The number of fused-ring (bicyclic) bond motifs is 1. The topological polar surface area (TPSA) is 12.0 Å². The molecule has 1 aliphatic heterocycles. The Kier molecular flexibility index (Phi) is 2.55. The molecule has 76 valence electrons. The molecule has 0 saturated carbocycles. The Labute approximate surface area is 84.3 Å². The summed E-state index contributed by atoms with van der Waals surface area (Å²) < 4.78 is 13.4. The summed E-state index contributed by atoms with van der Waals surface area (Å²) in [5.74, 6) is 0.572. The molecule has 0 bridgehead atoms. The Hall–Kier alpha value is -0.890. The second-order valence-electron chi connectivity index (χ2n) is 4.37. The van der Waals surface area contributed by atoms with Crippen molar-refractivity contribution in [3.05, 3.63) is 35.1 Å². The SMILES string of the molecule is CC(C)CC1NCc2c(F)cccc21. The van der Waals surface area contributed by atoms with Crippen LogP contribution in [0.15, 0.2) is 18.2 Å². The van der Waals surface area contributed by atoms with Crippen LogP contribution in [0.1, 0.15) is 37.4 Å². The Balaban J connectivity index is 2.26. The molecule has 1 unspecified atom stereocenters. The van der Waals surface area contributed by atoms with Gasteiger partial charge in [0.1, 0.15) is 5.82 Å². The summed E-state index contributed by atoms with van der Waals surface area (Å²) in [6.45, 7) is 5.07. The van der Waals surface area contributed by atoms with Gasteiger partial charge < -0.3 is 5.32 Å². The first kappa shape index (κ1) is 9.66. The van der Waals surface area contributed by atoms with Gasteiger partial charge in [-0.3, -0.25) is 0 Å². The highest BCUT2D eigenvalue weighted by atomic mass is 19.1. The van der Waals surface area contributed by atoms with Crippen LogP contribution in [0.2, 0.25) is 0 Å². The van der Waals surface area contributed by atoms with Crippen molar-refractivity contribution < 1.29 is 4.39 Å². The third kappa shape index (κ3) is 1.67. The summed E-state index contributed by atoms with van der Waals surface area (Å²) >= 11 is 0. The molecule has 1 aromatic carbocycles. The second kappa shape index (κ2) is 3.70. The van der Waals surface area contributed by atoms with Gasteiger partial charge in [0.15, 0.2) is 0 Å². The van der Waals surface area contributed by atoms with Crippen molar-refractivity contribution in [2.75, 3.05) is 0 Å². The Morgan fingerprint density at radius 1 is 1.50 bits per heavy atom. The van der Waals surface area contributed by atoms with Crippen molar-refractivity contribution in [1.29, 1.82) is 0 Å². The van der Waals surface area contributed by atoms with Gasteiger partial charge in [-0.25, -0.2) is 4.39 Å². The molecule has 0 radical (unpaired) electrons. The number of hydrogen-bond donors (Lipinski definition) is 1. The minimum absolute atomic E-state index is 0.0683. The molecule has 1 aliphatic rings. The lowest BCUT2D eigenvalue weighted by Gasteiger charge is -2.14. The van der Waals surface area contributed by atoms with Crippen LogP contribution >= 0.6 is 0 Å². The molecule has 2 rings (SSSR count). The largest absolute Gasteiger partial charge is 0.306 e. The molecule has 1 nitrogen and oxygen atoms in total. The molecule has 0 aliphatic carbocycles. The zero-order valence-electron chi connectivity index (χ0n) is 8.68. The van der Waals surface area contributed by atoms with Gasteiger partial charge in [0.2, 0.25) is 0 Å². The van der Waals surface area contributed by atoms with Crippen molar-refractivity contribution in [3.8, 4) is 0 Å². The van der Waals surface area contributed by atoms with Crippen LogP contribution in [0, 0.1) is 11.7 Å². The van der Waals surface area contributed by atoms with Crippen LogP contribution < -0.4 is 5.32 Å². The lowest BCUT2D eigenvalue weighted by molar-refractivity contribution is 0.455. The van der Waals surface area contributed by atoms with Crippen LogP contribution in [0.4, 0.5) is 4.39 Å². The van der Waals surface area contributed by atoms with E-state index in [9.17, 15) is 4.39 Å². The van der Waals surface area contributed by atoms with Gasteiger partial charge in [-0.15, -0.1) is 0 Å². The summed E-state index contributed by atoms with van der Waals surface area (Å²) in [4.78, 5) is 0. The highest BCUT2D eigenvalue weighted by molar-refractivity contribution is 5.34. The maximum Gasteiger partial charge on any atom is 0.128 e. The van der Waals surface area contributed by atoms with Crippen molar-refractivity contribution in [2.45, 2.75) is 32.9 Å². The van der Waals surface area contributed by atoms with Crippen molar-refractivity contribution in [3.63, 3.8) is 0 Å². The molecular weight excluding hydrogens is 177 g/mol. The van der Waals surface area contributed by atoms with Crippen molar-refractivity contribution >= 4 is 0 Å². The second-order valence-corrected chi connectivity index (χ2v) is 4.37. The molecule has 1 heterocycles. The highest BCUT2D eigenvalue weighted by Crippen LogP contribution is 2.31. The summed E-state index contributed by atoms with van der Waals surface area (Å²) in [7, 11) is 0. The zero-order valence-corrected chi connectivity index (χ0v) is 8.68. The first-order chi connectivity index (χ1) is 6.68. The summed E-state index contributed by atoms with van der Waals surface area (Å²) in [6.07, 6.45) is 1.08. The number of hydrogen-bond acceptors (Lipinski definition) is 1. The molecular formula is C12H16FN. The average molecular weight is 193 g/mol. The lowest BCUT2D eigenvalue weighted by atomic mass is 9.97. The first-order valence-corrected chi connectivity index (χ1v) is 5.19. The molecule has 1 atom stereocenters. The Morgan fingerprint density at radius 3 is 3.00 bits per heavy atom. The minimum atomic E-state index is -0.0683. The first-order valence-electron chi connectivity index (χ1n) is 5.19. The fraction of sp³-hybridized carbons (Fsp3) is 0.500. The predicted molar refractivity (Wildman–Crippen MR) is 55.4 cm³/mol. The highest BCUT2D eigenvalue weighted by Gasteiger charge is 2.24. The van der Waals surface area contributed by atoms with E-state index >= 15 is 0 Å². The maximum absolute atomic E-state index is 13.4. The van der Waals surface area contributed by atoms with E-state index < -0.39 is 0 Å². The van der Waals surface area contributed by atoms with E-state index in [1.807, 2.05) is 6.07 Å². The van der Waals surface area contributed by atoms with E-state index in [0.29, 0.717) is 18.5 Å². The van der Waals surface area contributed by atoms with Gasteiger partial charge in [-0.2, -0.15) is 0 Å². The summed E-state index contributed by atoms with van der Waals surface area (Å²) in [5, 5.41) is 3.35.